The summed E-state index contributed by atoms with van der Waals surface area (Å²) in [5.41, 5.74) is 0.320. The molecular formula is C15H21F2NO. The van der Waals surface area contributed by atoms with E-state index in [1.807, 2.05) is 0 Å². The predicted octanol–water partition coefficient (Wildman–Crippen LogP) is 3.08. The lowest BCUT2D eigenvalue weighted by molar-refractivity contribution is 0.134. The Hall–Kier alpha value is -1.00. The van der Waals surface area contributed by atoms with Crippen molar-refractivity contribution in [2.24, 2.45) is 5.92 Å². The topological polar surface area (TPSA) is 32.3 Å². The molecule has 19 heavy (non-hydrogen) atoms. The van der Waals surface area contributed by atoms with E-state index in [9.17, 15) is 13.9 Å². The van der Waals surface area contributed by atoms with Crippen LogP contribution in [0.25, 0.3) is 0 Å². The van der Waals surface area contributed by atoms with E-state index in [0.29, 0.717) is 12.3 Å². The van der Waals surface area contributed by atoms with Crippen LogP contribution in [0.2, 0.25) is 0 Å². The first-order valence-corrected chi connectivity index (χ1v) is 6.84. The summed E-state index contributed by atoms with van der Waals surface area (Å²) in [5.74, 6) is -0.395. The van der Waals surface area contributed by atoms with Crippen LogP contribution in [0.3, 0.4) is 0 Å². The van der Waals surface area contributed by atoms with E-state index in [1.165, 1.54) is 6.92 Å². The lowest BCUT2D eigenvalue weighted by Gasteiger charge is -2.29. The zero-order valence-corrected chi connectivity index (χ0v) is 11.4. The minimum atomic E-state index is -0.960. The Kier molecular flexibility index (Phi) is 4.53. The molecule has 4 heteroatoms. The van der Waals surface area contributed by atoms with Crippen molar-refractivity contribution in [3.63, 3.8) is 0 Å². The third-order valence-electron chi connectivity index (χ3n) is 3.90. The monoisotopic (exact) mass is 269 g/mol. The first kappa shape index (κ1) is 14.4. The maximum absolute atomic E-state index is 13.8. The van der Waals surface area contributed by atoms with Gasteiger partial charge in [0.15, 0.2) is 0 Å². The molecule has 1 heterocycles. The van der Waals surface area contributed by atoms with Crippen LogP contribution in [0.15, 0.2) is 12.1 Å². The molecule has 1 aliphatic heterocycles. The third-order valence-corrected chi connectivity index (χ3v) is 3.90. The molecule has 3 atom stereocenters. The van der Waals surface area contributed by atoms with Crippen molar-refractivity contribution < 1.29 is 13.9 Å². The maximum Gasteiger partial charge on any atom is 0.129 e. The van der Waals surface area contributed by atoms with Crippen LogP contribution < -0.4 is 5.32 Å². The summed E-state index contributed by atoms with van der Waals surface area (Å²) in [7, 11) is 0. The number of aliphatic hydroxyl groups is 1. The largest absolute Gasteiger partial charge is 0.388 e. The molecule has 2 N–H and O–H groups in total. The van der Waals surface area contributed by atoms with Crippen molar-refractivity contribution in [1.29, 1.82) is 0 Å². The van der Waals surface area contributed by atoms with E-state index in [1.54, 1.807) is 0 Å². The number of piperidine rings is 1. The first-order valence-electron chi connectivity index (χ1n) is 6.84. The normalized spacial score (nSPS) is 25.3. The zero-order valence-electron chi connectivity index (χ0n) is 11.4. The molecule has 0 aromatic heterocycles. The molecule has 1 saturated heterocycles. The van der Waals surface area contributed by atoms with Gasteiger partial charge in [-0.25, -0.2) is 8.78 Å². The second-order valence-electron chi connectivity index (χ2n) is 5.66. The molecule has 0 aliphatic carbocycles. The van der Waals surface area contributed by atoms with E-state index in [-0.39, 0.29) is 17.2 Å². The minimum Gasteiger partial charge on any atom is -0.388 e. The van der Waals surface area contributed by atoms with Crippen molar-refractivity contribution in [3.8, 4) is 0 Å². The van der Waals surface area contributed by atoms with Gasteiger partial charge in [0.25, 0.3) is 0 Å². The average molecular weight is 269 g/mol. The van der Waals surface area contributed by atoms with Crippen LogP contribution in [0.5, 0.6) is 0 Å². The van der Waals surface area contributed by atoms with Crippen LogP contribution in [0.4, 0.5) is 8.78 Å². The van der Waals surface area contributed by atoms with Crippen molar-refractivity contribution >= 4 is 0 Å². The van der Waals surface area contributed by atoms with Crippen LogP contribution >= 0.6 is 0 Å². The van der Waals surface area contributed by atoms with Gasteiger partial charge in [-0.1, -0.05) is 6.92 Å². The molecule has 106 valence electrons. The number of halogens is 2. The molecule has 1 aromatic carbocycles. The molecule has 2 nitrogen and oxygen atoms in total. The lowest BCUT2D eigenvalue weighted by atomic mass is 9.89. The molecule has 0 saturated carbocycles. The highest BCUT2D eigenvalue weighted by Gasteiger charge is 2.23. The smallest absolute Gasteiger partial charge is 0.129 e. The number of nitrogens with one attached hydrogen (secondary N) is 1. The van der Waals surface area contributed by atoms with E-state index in [4.69, 9.17) is 0 Å². The van der Waals surface area contributed by atoms with Gasteiger partial charge >= 0.3 is 0 Å². The van der Waals surface area contributed by atoms with Gasteiger partial charge in [-0.2, -0.15) is 0 Å². The Morgan fingerprint density at radius 3 is 2.79 bits per heavy atom. The van der Waals surface area contributed by atoms with Crippen LogP contribution in [-0.2, 0) is 0 Å². The Bertz CT molecular complexity index is 450. The number of aliphatic hydroxyl groups excluding tert-OH is 1. The Morgan fingerprint density at radius 1 is 1.37 bits per heavy atom. The zero-order chi connectivity index (χ0) is 14.0. The molecule has 1 aliphatic rings. The number of aryl methyl sites for hydroxylation is 1. The fourth-order valence-electron chi connectivity index (χ4n) is 2.71. The number of hydrogen-bond donors (Lipinski definition) is 2. The fourth-order valence-corrected chi connectivity index (χ4v) is 2.71. The summed E-state index contributed by atoms with van der Waals surface area (Å²) in [6.45, 7) is 4.61. The molecule has 0 bridgehead atoms. The fraction of sp³-hybridized carbons (Fsp3) is 0.600. The van der Waals surface area contributed by atoms with Crippen molar-refractivity contribution in [2.75, 3.05) is 6.54 Å². The third kappa shape index (κ3) is 3.51. The summed E-state index contributed by atoms with van der Waals surface area (Å²) in [4.78, 5) is 0. The summed E-state index contributed by atoms with van der Waals surface area (Å²) in [6.07, 6.45) is 1.55. The van der Waals surface area contributed by atoms with E-state index in [0.717, 1.165) is 31.5 Å². The van der Waals surface area contributed by atoms with Gasteiger partial charge in [-0.05, 0) is 56.3 Å². The van der Waals surface area contributed by atoms with Crippen LogP contribution in [-0.4, -0.2) is 17.7 Å². The van der Waals surface area contributed by atoms with E-state index < -0.39 is 17.7 Å². The number of hydrogen-bond acceptors (Lipinski definition) is 2. The van der Waals surface area contributed by atoms with Gasteiger partial charge in [-0.15, -0.1) is 0 Å². The highest BCUT2D eigenvalue weighted by molar-refractivity contribution is 5.27. The van der Waals surface area contributed by atoms with Gasteiger partial charge in [-0.3, -0.25) is 0 Å². The molecule has 1 aromatic rings. The molecule has 0 amide bonds. The van der Waals surface area contributed by atoms with Gasteiger partial charge in [0.2, 0.25) is 0 Å². The lowest BCUT2D eigenvalue weighted by Crippen LogP contribution is -2.38. The van der Waals surface area contributed by atoms with E-state index >= 15 is 0 Å². The second-order valence-corrected chi connectivity index (χ2v) is 5.66. The molecular weight excluding hydrogens is 248 g/mol. The van der Waals surface area contributed by atoms with Gasteiger partial charge in [0.1, 0.15) is 11.6 Å². The number of rotatable bonds is 3. The highest BCUT2D eigenvalue weighted by Crippen LogP contribution is 2.27. The molecule has 0 radical (unpaired) electrons. The predicted molar refractivity (Wildman–Crippen MR) is 70.9 cm³/mol. The summed E-state index contributed by atoms with van der Waals surface area (Å²) >= 11 is 0. The number of benzene rings is 1. The van der Waals surface area contributed by atoms with Gasteiger partial charge < -0.3 is 10.4 Å². The Morgan fingerprint density at radius 2 is 2.11 bits per heavy atom. The molecule has 1 fully saturated rings. The van der Waals surface area contributed by atoms with Crippen molar-refractivity contribution in [3.05, 3.63) is 34.9 Å². The van der Waals surface area contributed by atoms with Gasteiger partial charge in [0.05, 0.1) is 6.10 Å². The van der Waals surface area contributed by atoms with Crippen molar-refractivity contribution in [1.82, 2.24) is 5.32 Å². The second kappa shape index (κ2) is 5.97. The van der Waals surface area contributed by atoms with Crippen molar-refractivity contribution in [2.45, 2.75) is 45.3 Å². The summed E-state index contributed by atoms with van der Waals surface area (Å²) in [6, 6.07) is 2.43. The van der Waals surface area contributed by atoms with E-state index in [2.05, 4.69) is 12.2 Å². The molecule has 0 spiro atoms. The van der Waals surface area contributed by atoms with Gasteiger partial charge in [0, 0.05) is 11.6 Å². The Labute approximate surface area is 112 Å². The standard InChI is InChI=1S/C15H21F2NO/c1-9-3-4-18-11(5-9)7-15(19)12-8-13(16)10(2)6-14(12)17/h6,8-9,11,15,18-19H,3-5,7H2,1-2H3. The first-order chi connectivity index (χ1) is 8.97. The quantitative estimate of drug-likeness (QED) is 0.884. The average Bonchev–Trinajstić information content (AvgIpc) is 2.33. The molecule has 3 unspecified atom stereocenters. The maximum atomic E-state index is 13.8. The summed E-state index contributed by atoms with van der Waals surface area (Å²) in [5, 5.41) is 13.4. The SMILES string of the molecule is Cc1cc(F)c(C(O)CC2CC(C)CCN2)cc1F. The minimum absolute atomic E-state index is 0.0585. The molecule has 2 rings (SSSR count). The summed E-state index contributed by atoms with van der Waals surface area (Å²) < 4.78 is 27.2. The van der Waals surface area contributed by atoms with Crippen LogP contribution in [0, 0.1) is 24.5 Å². The highest BCUT2D eigenvalue weighted by atomic mass is 19.1. The van der Waals surface area contributed by atoms with Crippen LogP contribution in [0.1, 0.15) is 43.4 Å². The Balaban J connectivity index is 2.07.